The van der Waals surface area contributed by atoms with Crippen molar-refractivity contribution in [3.05, 3.63) is 65.6 Å². The van der Waals surface area contributed by atoms with Crippen LogP contribution in [-0.2, 0) is 0 Å². The van der Waals surface area contributed by atoms with E-state index in [4.69, 9.17) is 0 Å². The molecule has 0 amide bonds. The van der Waals surface area contributed by atoms with Crippen molar-refractivity contribution in [3.63, 3.8) is 0 Å². The Labute approximate surface area is 155 Å². The number of thiophene rings is 1. The molecule has 1 heterocycles. The predicted octanol–water partition coefficient (Wildman–Crippen LogP) is 7.67. The molecule has 0 aliphatic rings. The van der Waals surface area contributed by atoms with Gasteiger partial charge in [-0.1, -0.05) is 62.2 Å². The first kappa shape index (κ1) is 15.2. The standard InChI is InChI=1S/C15H8Br4S/c16-12-6-5-10(8-3-1-2-4-9(8)12)14(18)11-7-13(17)20-15(11)19/h1-7,14H. The van der Waals surface area contributed by atoms with E-state index in [0.29, 0.717) is 0 Å². The van der Waals surface area contributed by atoms with Gasteiger partial charge >= 0.3 is 0 Å². The van der Waals surface area contributed by atoms with E-state index in [-0.39, 0.29) is 4.83 Å². The average Bonchev–Trinajstić information content (AvgIpc) is 2.78. The van der Waals surface area contributed by atoms with Gasteiger partial charge in [-0.25, -0.2) is 0 Å². The van der Waals surface area contributed by atoms with Crippen LogP contribution in [0, 0.1) is 0 Å². The number of benzene rings is 2. The van der Waals surface area contributed by atoms with E-state index < -0.39 is 0 Å². The van der Waals surface area contributed by atoms with Crippen molar-refractivity contribution >= 4 is 85.8 Å². The van der Waals surface area contributed by atoms with Crippen LogP contribution in [0.5, 0.6) is 0 Å². The first-order valence-corrected chi connectivity index (χ1v) is 9.95. The van der Waals surface area contributed by atoms with Crippen molar-refractivity contribution in [2.45, 2.75) is 4.83 Å². The molecule has 20 heavy (non-hydrogen) atoms. The largest absolute Gasteiger partial charge is 0.121 e. The highest BCUT2D eigenvalue weighted by Gasteiger charge is 2.18. The van der Waals surface area contributed by atoms with Crippen molar-refractivity contribution in [2.24, 2.45) is 0 Å². The third kappa shape index (κ3) is 2.80. The number of rotatable bonds is 2. The molecule has 0 bridgehead atoms. The number of alkyl halides is 1. The molecule has 0 N–H and O–H groups in total. The van der Waals surface area contributed by atoms with Crippen LogP contribution in [0.15, 0.2) is 54.5 Å². The lowest BCUT2D eigenvalue weighted by atomic mass is 10.00. The third-order valence-electron chi connectivity index (χ3n) is 3.13. The molecule has 0 aliphatic heterocycles. The Bertz CT molecular complexity index is 779. The second-order valence-corrected chi connectivity index (χ2v) is 9.84. The Hall–Kier alpha value is 0.320. The summed E-state index contributed by atoms with van der Waals surface area (Å²) in [6, 6.07) is 14.9. The third-order valence-corrected chi connectivity index (χ3v) is 7.20. The molecule has 0 aliphatic carbocycles. The van der Waals surface area contributed by atoms with E-state index in [1.807, 2.05) is 0 Å². The van der Waals surface area contributed by atoms with E-state index in [0.717, 1.165) is 12.0 Å². The molecule has 0 saturated heterocycles. The zero-order valence-corrected chi connectivity index (χ0v) is 17.2. The smallest absolute Gasteiger partial charge is 0.0757 e. The van der Waals surface area contributed by atoms with Gasteiger partial charge in [0.05, 0.1) is 12.4 Å². The van der Waals surface area contributed by atoms with Gasteiger partial charge < -0.3 is 0 Å². The summed E-state index contributed by atoms with van der Waals surface area (Å²) in [5.74, 6) is 0. The average molecular weight is 540 g/mol. The van der Waals surface area contributed by atoms with Gasteiger partial charge in [-0.05, 0) is 65.9 Å². The van der Waals surface area contributed by atoms with Crippen LogP contribution >= 0.6 is 75.1 Å². The van der Waals surface area contributed by atoms with Gasteiger partial charge in [-0.2, -0.15) is 0 Å². The molecule has 3 rings (SSSR count). The fourth-order valence-electron chi connectivity index (χ4n) is 2.20. The Morgan fingerprint density at radius 2 is 1.55 bits per heavy atom. The highest BCUT2D eigenvalue weighted by Crippen LogP contribution is 2.44. The highest BCUT2D eigenvalue weighted by atomic mass is 79.9. The molecular weight excluding hydrogens is 532 g/mol. The molecule has 2 aromatic carbocycles. The van der Waals surface area contributed by atoms with Crippen LogP contribution in [0.3, 0.4) is 0 Å². The Morgan fingerprint density at radius 3 is 2.20 bits per heavy atom. The molecule has 1 aromatic heterocycles. The van der Waals surface area contributed by atoms with Gasteiger partial charge in [0.25, 0.3) is 0 Å². The van der Waals surface area contributed by atoms with Crippen LogP contribution in [0.2, 0.25) is 0 Å². The van der Waals surface area contributed by atoms with E-state index in [2.05, 4.69) is 106 Å². The summed E-state index contributed by atoms with van der Waals surface area (Å²) in [5.41, 5.74) is 2.52. The zero-order chi connectivity index (χ0) is 14.3. The zero-order valence-electron chi connectivity index (χ0n) is 10.0. The van der Waals surface area contributed by atoms with Crippen LogP contribution in [-0.4, -0.2) is 0 Å². The fourth-order valence-corrected chi connectivity index (χ4v) is 6.80. The van der Waals surface area contributed by atoms with Crippen molar-refractivity contribution in [2.75, 3.05) is 0 Å². The Balaban J connectivity index is 2.20. The molecule has 5 heteroatoms. The van der Waals surface area contributed by atoms with Crippen LogP contribution in [0.4, 0.5) is 0 Å². The summed E-state index contributed by atoms with van der Waals surface area (Å²) >= 11 is 16.4. The Morgan fingerprint density at radius 1 is 0.850 bits per heavy atom. The molecular formula is C15H8Br4S. The highest BCUT2D eigenvalue weighted by molar-refractivity contribution is 9.12. The lowest BCUT2D eigenvalue weighted by Gasteiger charge is -2.14. The van der Waals surface area contributed by atoms with E-state index in [1.54, 1.807) is 11.3 Å². The summed E-state index contributed by atoms with van der Waals surface area (Å²) in [5, 5.41) is 2.50. The number of hydrogen-bond acceptors (Lipinski definition) is 1. The van der Waals surface area contributed by atoms with Gasteiger partial charge in [-0.15, -0.1) is 11.3 Å². The number of fused-ring (bicyclic) bond motifs is 1. The minimum absolute atomic E-state index is 0.164. The van der Waals surface area contributed by atoms with Gasteiger partial charge in [-0.3, -0.25) is 0 Å². The molecule has 0 nitrogen and oxygen atoms in total. The Kier molecular flexibility index (Phi) is 4.73. The number of hydrogen-bond donors (Lipinski definition) is 0. The maximum atomic E-state index is 3.84. The summed E-state index contributed by atoms with van der Waals surface area (Å²) < 4.78 is 3.41. The summed E-state index contributed by atoms with van der Waals surface area (Å²) in [6.07, 6.45) is 0. The molecule has 0 spiro atoms. The lowest BCUT2D eigenvalue weighted by molar-refractivity contribution is 1.20. The van der Waals surface area contributed by atoms with Gasteiger partial charge in [0.1, 0.15) is 0 Å². The molecule has 0 radical (unpaired) electrons. The summed E-state index contributed by atoms with van der Waals surface area (Å²) in [7, 11) is 0. The molecule has 0 saturated carbocycles. The first-order chi connectivity index (χ1) is 9.58. The normalized spacial score (nSPS) is 12.8. The van der Waals surface area contributed by atoms with Gasteiger partial charge in [0, 0.05) is 4.47 Å². The fraction of sp³-hybridized carbons (Fsp3) is 0.0667. The molecule has 1 unspecified atom stereocenters. The van der Waals surface area contributed by atoms with Crippen LogP contribution < -0.4 is 0 Å². The topological polar surface area (TPSA) is 0 Å². The first-order valence-electron chi connectivity index (χ1n) is 5.84. The SMILES string of the molecule is Brc1cc(C(Br)c2ccc(Br)c3ccccc23)c(Br)s1. The van der Waals surface area contributed by atoms with Crippen LogP contribution in [0.25, 0.3) is 10.8 Å². The minimum atomic E-state index is 0.164. The number of halogens is 4. The molecule has 0 fully saturated rings. The quantitative estimate of drug-likeness (QED) is 0.293. The second kappa shape index (κ2) is 6.21. The minimum Gasteiger partial charge on any atom is -0.121 e. The van der Waals surface area contributed by atoms with E-state index in [1.165, 1.54) is 21.9 Å². The predicted molar refractivity (Wildman–Crippen MR) is 102 cm³/mol. The monoisotopic (exact) mass is 536 g/mol. The van der Waals surface area contributed by atoms with Crippen molar-refractivity contribution in [1.29, 1.82) is 0 Å². The van der Waals surface area contributed by atoms with E-state index >= 15 is 0 Å². The van der Waals surface area contributed by atoms with Gasteiger partial charge in [0.15, 0.2) is 0 Å². The van der Waals surface area contributed by atoms with E-state index in [9.17, 15) is 0 Å². The maximum Gasteiger partial charge on any atom is 0.0757 e. The van der Waals surface area contributed by atoms with Crippen molar-refractivity contribution < 1.29 is 0 Å². The van der Waals surface area contributed by atoms with Gasteiger partial charge in [0.2, 0.25) is 0 Å². The molecule has 102 valence electrons. The molecule has 3 aromatic rings. The molecule has 1 atom stereocenters. The van der Waals surface area contributed by atoms with Crippen molar-refractivity contribution in [3.8, 4) is 0 Å². The summed E-state index contributed by atoms with van der Waals surface area (Å²) in [4.78, 5) is 0.164. The maximum absolute atomic E-state index is 3.84. The second-order valence-electron chi connectivity index (χ2n) is 4.32. The lowest BCUT2D eigenvalue weighted by Crippen LogP contribution is -1.93. The van der Waals surface area contributed by atoms with Crippen molar-refractivity contribution in [1.82, 2.24) is 0 Å². The summed E-state index contributed by atoms with van der Waals surface area (Å²) in [6.45, 7) is 0. The van der Waals surface area contributed by atoms with Crippen LogP contribution in [0.1, 0.15) is 16.0 Å².